The standard InChI is InChI=1S/C16H18N2O4/c19-14-9-11(10-5-1-2-6-12(10)17-14)15(20)18-8-4-3-7-13(18)16(21)22/h1-2,5-6,11,13H,3-4,7-9H2,(H,17,19)(H,21,22)/t11?,13-/m1/s1. The number of benzene rings is 1. The molecule has 2 aliphatic heterocycles. The SMILES string of the molecule is O=C1CC(C(=O)N2CCCC[C@@H]2C(=O)O)c2ccccc2N1. The highest BCUT2D eigenvalue weighted by Crippen LogP contribution is 2.34. The van der Waals surface area contributed by atoms with Crippen LogP contribution in [-0.2, 0) is 14.4 Å². The van der Waals surface area contributed by atoms with Gasteiger partial charge < -0.3 is 15.3 Å². The number of nitrogens with one attached hydrogen (secondary N) is 1. The summed E-state index contributed by atoms with van der Waals surface area (Å²) in [6, 6.07) is 6.42. The third kappa shape index (κ3) is 2.56. The van der Waals surface area contributed by atoms with Gasteiger partial charge in [-0.25, -0.2) is 4.79 Å². The number of carbonyl (C=O) groups excluding carboxylic acids is 2. The number of piperidine rings is 1. The first-order valence-corrected chi connectivity index (χ1v) is 7.50. The summed E-state index contributed by atoms with van der Waals surface area (Å²) in [6.45, 7) is 0.441. The Balaban J connectivity index is 1.91. The van der Waals surface area contributed by atoms with Crippen LogP contribution in [0, 0.1) is 0 Å². The number of hydrogen-bond acceptors (Lipinski definition) is 3. The summed E-state index contributed by atoms with van der Waals surface area (Å²) >= 11 is 0. The summed E-state index contributed by atoms with van der Waals surface area (Å²) in [6.07, 6.45) is 2.15. The molecule has 1 fully saturated rings. The van der Waals surface area contributed by atoms with Gasteiger partial charge in [0.15, 0.2) is 0 Å². The second-order valence-corrected chi connectivity index (χ2v) is 5.77. The summed E-state index contributed by atoms with van der Waals surface area (Å²) < 4.78 is 0. The van der Waals surface area contributed by atoms with Crippen LogP contribution in [0.5, 0.6) is 0 Å². The third-order valence-corrected chi connectivity index (χ3v) is 4.37. The van der Waals surface area contributed by atoms with Crippen LogP contribution in [0.3, 0.4) is 0 Å². The molecule has 0 aromatic heterocycles. The molecule has 0 aliphatic carbocycles. The second kappa shape index (κ2) is 5.79. The number of anilines is 1. The first-order chi connectivity index (χ1) is 10.6. The molecule has 22 heavy (non-hydrogen) atoms. The van der Waals surface area contributed by atoms with Crippen molar-refractivity contribution in [3.05, 3.63) is 29.8 Å². The van der Waals surface area contributed by atoms with Gasteiger partial charge in [0.05, 0.1) is 5.92 Å². The minimum atomic E-state index is -0.971. The Morgan fingerprint density at radius 2 is 2.00 bits per heavy atom. The molecule has 3 rings (SSSR count). The van der Waals surface area contributed by atoms with Gasteiger partial charge in [-0.15, -0.1) is 0 Å². The molecule has 2 aliphatic rings. The molecule has 2 atom stereocenters. The Kier molecular flexibility index (Phi) is 3.83. The molecule has 0 radical (unpaired) electrons. The molecule has 1 aromatic carbocycles. The van der Waals surface area contributed by atoms with E-state index < -0.39 is 17.9 Å². The fourth-order valence-electron chi connectivity index (χ4n) is 3.28. The van der Waals surface area contributed by atoms with Crippen molar-refractivity contribution < 1.29 is 19.5 Å². The van der Waals surface area contributed by atoms with Crippen molar-refractivity contribution in [3.8, 4) is 0 Å². The molecular formula is C16H18N2O4. The minimum absolute atomic E-state index is 0.0681. The predicted octanol–water partition coefficient (Wildman–Crippen LogP) is 1.58. The van der Waals surface area contributed by atoms with Crippen LogP contribution in [0.15, 0.2) is 24.3 Å². The first kappa shape index (κ1) is 14.6. The van der Waals surface area contributed by atoms with Crippen molar-refractivity contribution in [3.63, 3.8) is 0 Å². The Labute approximate surface area is 128 Å². The number of likely N-dealkylation sites (tertiary alicyclic amines) is 1. The summed E-state index contributed by atoms with van der Waals surface area (Å²) in [5.41, 5.74) is 1.41. The maximum Gasteiger partial charge on any atom is 0.326 e. The molecule has 0 saturated carbocycles. The molecule has 1 saturated heterocycles. The summed E-state index contributed by atoms with van der Waals surface area (Å²) in [4.78, 5) is 37.5. The van der Waals surface area contributed by atoms with Gasteiger partial charge in [-0.3, -0.25) is 9.59 Å². The lowest BCUT2D eigenvalue weighted by Crippen LogP contribution is -2.50. The van der Waals surface area contributed by atoms with E-state index in [-0.39, 0.29) is 18.2 Å². The number of nitrogens with zero attached hydrogens (tertiary/aromatic N) is 1. The molecule has 6 nitrogen and oxygen atoms in total. The van der Waals surface area contributed by atoms with Gasteiger partial charge in [-0.1, -0.05) is 18.2 Å². The number of hydrogen-bond donors (Lipinski definition) is 2. The van der Waals surface area contributed by atoms with E-state index in [9.17, 15) is 19.5 Å². The zero-order valence-corrected chi connectivity index (χ0v) is 12.1. The number of aliphatic carboxylic acids is 1. The second-order valence-electron chi connectivity index (χ2n) is 5.77. The number of rotatable bonds is 2. The van der Waals surface area contributed by atoms with Crippen LogP contribution in [-0.4, -0.2) is 40.4 Å². The van der Waals surface area contributed by atoms with Gasteiger partial charge in [0.2, 0.25) is 11.8 Å². The third-order valence-electron chi connectivity index (χ3n) is 4.37. The number of amides is 2. The quantitative estimate of drug-likeness (QED) is 0.868. The van der Waals surface area contributed by atoms with Crippen LogP contribution in [0.1, 0.15) is 37.2 Å². The van der Waals surface area contributed by atoms with Gasteiger partial charge in [0.25, 0.3) is 0 Å². The highest BCUT2D eigenvalue weighted by atomic mass is 16.4. The van der Waals surface area contributed by atoms with E-state index in [0.717, 1.165) is 18.4 Å². The summed E-state index contributed by atoms with van der Waals surface area (Å²) in [7, 11) is 0. The van der Waals surface area contributed by atoms with Crippen LogP contribution in [0.2, 0.25) is 0 Å². The monoisotopic (exact) mass is 302 g/mol. The smallest absolute Gasteiger partial charge is 0.326 e. The number of para-hydroxylation sites is 1. The van der Waals surface area contributed by atoms with Crippen molar-refractivity contribution in [2.24, 2.45) is 0 Å². The van der Waals surface area contributed by atoms with Crippen LogP contribution >= 0.6 is 0 Å². The number of carboxylic acids is 1. The maximum atomic E-state index is 12.9. The fraction of sp³-hybridized carbons (Fsp3) is 0.438. The zero-order chi connectivity index (χ0) is 15.7. The number of fused-ring (bicyclic) bond motifs is 1. The van der Waals surface area contributed by atoms with Gasteiger partial charge in [-0.05, 0) is 30.9 Å². The highest BCUT2D eigenvalue weighted by molar-refractivity contribution is 6.01. The highest BCUT2D eigenvalue weighted by Gasteiger charge is 2.38. The van der Waals surface area contributed by atoms with E-state index in [1.165, 1.54) is 4.90 Å². The lowest BCUT2D eigenvalue weighted by atomic mass is 9.88. The van der Waals surface area contributed by atoms with Crippen molar-refractivity contribution in [1.82, 2.24) is 4.90 Å². The topological polar surface area (TPSA) is 86.7 Å². The fourth-order valence-corrected chi connectivity index (χ4v) is 3.28. The van der Waals surface area contributed by atoms with Crippen LogP contribution < -0.4 is 5.32 Å². The van der Waals surface area contributed by atoms with E-state index in [1.807, 2.05) is 12.1 Å². The van der Waals surface area contributed by atoms with E-state index in [1.54, 1.807) is 12.1 Å². The molecule has 0 bridgehead atoms. The number of carboxylic acid groups (broad SMARTS) is 1. The average Bonchev–Trinajstić information content (AvgIpc) is 2.53. The van der Waals surface area contributed by atoms with E-state index in [4.69, 9.17) is 0 Å². The lowest BCUT2D eigenvalue weighted by Gasteiger charge is -2.36. The Morgan fingerprint density at radius 1 is 1.23 bits per heavy atom. The van der Waals surface area contributed by atoms with Crippen LogP contribution in [0.4, 0.5) is 5.69 Å². The summed E-state index contributed by atoms with van der Waals surface area (Å²) in [5.74, 6) is -2.03. The normalized spacial score (nSPS) is 24.4. The Bertz CT molecular complexity index is 628. The molecule has 2 heterocycles. The van der Waals surface area contributed by atoms with Gasteiger partial charge in [0.1, 0.15) is 6.04 Å². The number of carbonyl (C=O) groups is 3. The largest absolute Gasteiger partial charge is 0.480 e. The van der Waals surface area contributed by atoms with Crippen molar-refractivity contribution in [2.45, 2.75) is 37.6 Å². The Morgan fingerprint density at radius 3 is 2.77 bits per heavy atom. The first-order valence-electron chi connectivity index (χ1n) is 7.50. The Hall–Kier alpha value is -2.37. The minimum Gasteiger partial charge on any atom is -0.480 e. The average molecular weight is 302 g/mol. The van der Waals surface area contributed by atoms with Crippen molar-refractivity contribution >= 4 is 23.5 Å². The molecule has 0 spiro atoms. The van der Waals surface area contributed by atoms with Gasteiger partial charge in [0, 0.05) is 18.7 Å². The van der Waals surface area contributed by atoms with Crippen molar-refractivity contribution in [2.75, 3.05) is 11.9 Å². The molecule has 116 valence electrons. The molecule has 2 N–H and O–H groups in total. The maximum absolute atomic E-state index is 12.9. The van der Waals surface area contributed by atoms with E-state index in [2.05, 4.69) is 5.32 Å². The summed E-state index contributed by atoms with van der Waals surface area (Å²) in [5, 5.41) is 12.1. The van der Waals surface area contributed by atoms with Crippen LogP contribution in [0.25, 0.3) is 0 Å². The van der Waals surface area contributed by atoms with Gasteiger partial charge >= 0.3 is 5.97 Å². The van der Waals surface area contributed by atoms with E-state index >= 15 is 0 Å². The van der Waals surface area contributed by atoms with E-state index in [0.29, 0.717) is 18.7 Å². The molecular weight excluding hydrogens is 284 g/mol. The zero-order valence-electron chi connectivity index (χ0n) is 12.1. The van der Waals surface area contributed by atoms with Gasteiger partial charge in [-0.2, -0.15) is 0 Å². The van der Waals surface area contributed by atoms with Crippen molar-refractivity contribution in [1.29, 1.82) is 0 Å². The molecule has 6 heteroatoms. The lowest BCUT2D eigenvalue weighted by molar-refractivity contribution is -0.153. The molecule has 1 aromatic rings. The molecule has 1 unspecified atom stereocenters. The predicted molar refractivity (Wildman–Crippen MR) is 79.4 cm³/mol. The molecule has 2 amide bonds.